The van der Waals surface area contributed by atoms with Crippen molar-refractivity contribution in [2.24, 2.45) is 4.99 Å². The van der Waals surface area contributed by atoms with Crippen LogP contribution in [0.15, 0.2) is 29.3 Å². The highest BCUT2D eigenvalue weighted by Crippen LogP contribution is 2.10. The van der Waals surface area contributed by atoms with Gasteiger partial charge in [0.05, 0.1) is 0 Å². The fourth-order valence-corrected chi connectivity index (χ4v) is 2.80. The Hall–Kier alpha value is -1.31. The molecule has 0 aliphatic carbocycles. The summed E-state index contributed by atoms with van der Waals surface area (Å²) in [5.74, 6) is 1.05. The maximum atomic E-state index is 11.7. The Labute approximate surface area is 162 Å². The summed E-state index contributed by atoms with van der Waals surface area (Å²) >= 11 is 0. The zero-order valence-electron chi connectivity index (χ0n) is 14.8. The number of amides is 1. The molecular formula is C18H29IN4O. The number of benzene rings is 1. The summed E-state index contributed by atoms with van der Waals surface area (Å²) < 4.78 is 0. The molecule has 1 aliphatic heterocycles. The molecule has 0 bridgehead atoms. The summed E-state index contributed by atoms with van der Waals surface area (Å²) in [5, 5.41) is 6.77. The summed E-state index contributed by atoms with van der Waals surface area (Å²) in [6.07, 6.45) is 2.52. The van der Waals surface area contributed by atoms with Gasteiger partial charge in [-0.2, -0.15) is 0 Å². The van der Waals surface area contributed by atoms with Crippen LogP contribution in [0, 0.1) is 6.92 Å². The molecule has 1 heterocycles. The Bertz CT molecular complexity index is 544. The molecule has 1 atom stereocenters. The van der Waals surface area contributed by atoms with Crippen LogP contribution in [0.25, 0.3) is 0 Å². The van der Waals surface area contributed by atoms with E-state index in [1.165, 1.54) is 11.1 Å². The average Bonchev–Trinajstić information content (AvgIpc) is 3.03. The molecule has 134 valence electrons. The van der Waals surface area contributed by atoms with E-state index < -0.39 is 0 Å². The van der Waals surface area contributed by atoms with E-state index in [0.717, 1.165) is 38.4 Å². The molecular weight excluding hydrogens is 415 g/mol. The second-order valence-corrected chi connectivity index (χ2v) is 6.06. The number of carbonyl (C=O) groups excluding carboxylic acids is 1. The van der Waals surface area contributed by atoms with Gasteiger partial charge in [-0.25, -0.2) is 0 Å². The van der Waals surface area contributed by atoms with Gasteiger partial charge in [-0.05, 0) is 25.3 Å². The van der Waals surface area contributed by atoms with E-state index in [0.29, 0.717) is 6.42 Å². The first-order chi connectivity index (χ1) is 11.1. The van der Waals surface area contributed by atoms with Crippen LogP contribution >= 0.6 is 24.0 Å². The van der Waals surface area contributed by atoms with Crippen LogP contribution in [-0.4, -0.2) is 49.5 Å². The number of nitrogens with one attached hydrogen (secondary N) is 2. The summed E-state index contributed by atoms with van der Waals surface area (Å²) in [6, 6.07) is 8.90. The third kappa shape index (κ3) is 6.30. The molecule has 1 aliphatic rings. The number of guanidine groups is 1. The van der Waals surface area contributed by atoms with Crippen LogP contribution in [0.2, 0.25) is 0 Å². The molecule has 1 saturated heterocycles. The summed E-state index contributed by atoms with van der Waals surface area (Å²) in [4.78, 5) is 17.9. The number of likely N-dealkylation sites (tertiary alicyclic amines) is 1. The molecule has 2 N–H and O–H groups in total. The van der Waals surface area contributed by atoms with Gasteiger partial charge >= 0.3 is 0 Å². The van der Waals surface area contributed by atoms with Gasteiger partial charge in [0, 0.05) is 39.1 Å². The minimum absolute atomic E-state index is 0. The predicted octanol–water partition coefficient (Wildman–Crippen LogP) is 2.33. The lowest BCUT2D eigenvalue weighted by atomic mass is 10.1. The van der Waals surface area contributed by atoms with E-state index in [4.69, 9.17) is 0 Å². The molecule has 2 rings (SSSR count). The fourth-order valence-electron chi connectivity index (χ4n) is 2.80. The first-order valence-corrected chi connectivity index (χ1v) is 8.43. The molecule has 1 aromatic rings. The lowest BCUT2D eigenvalue weighted by Crippen LogP contribution is -2.45. The first-order valence-electron chi connectivity index (χ1n) is 8.43. The zero-order chi connectivity index (χ0) is 16.7. The van der Waals surface area contributed by atoms with Crippen molar-refractivity contribution in [3.8, 4) is 0 Å². The smallest absolute Gasteiger partial charge is 0.222 e. The monoisotopic (exact) mass is 444 g/mol. The van der Waals surface area contributed by atoms with Gasteiger partial charge in [-0.15, -0.1) is 24.0 Å². The maximum Gasteiger partial charge on any atom is 0.222 e. The van der Waals surface area contributed by atoms with Crippen molar-refractivity contribution in [3.63, 3.8) is 0 Å². The van der Waals surface area contributed by atoms with Gasteiger partial charge in [-0.3, -0.25) is 9.79 Å². The Morgan fingerprint density at radius 1 is 1.33 bits per heavy atom. The Morgan fingerprint density at radius 2 is 2.04 bits per heavy atom. The second-order valence-electron chi connectivity index (χ2n) is 6.06. The second kappa shape index (κ2) is 10.5. The highest BCUT2D eigenvalue weighted by Gasteiger charge is 2.25. The molecule has 0 radical (unpaired) electrons. The van der Waals surface area contributed by atoms with Gasteiger partial charge in [0.1, 0.15) is 0 Å². The minimum Gasteiger partial charge on any atom is -0.356 e. The summed E-state index contributed by atoms with van der Waals surface area (Å²) in [6.45, 7) is 6.46. The predicted molar refractivity (Wildman–Crippen MR) is 110 cm³/mol. The fraction of sp³-hybridized carbons (Fsp3) is 0.556. The third-order valence-corrected chi connectivity index (χ3v) is 4.23. The van der Waals surface area contributed by atoms with Crippen LogP contribution in [0.1, 0.15) is 30.9 Å². The summed E-state index contributed by atoms with van der Waals surface area (Å²) in [5.41, 5.74) is 2.60. The van der Waals surface area contributed by atoms with Crippen LogP contribution in [0.3, 0.4) is 0 Å². The molecule has 24 heavy (non-hydrogen) atoms. The molecule has 0 aromatic heterocycles. The number of halogens is 1. The van der Waals surface area contributed by atoms with Crippen LogP contribution in [0.4, 0.5) is 0 Å². The topological polar surface area (TPSA) is 56.7 Å². The lowest BCUT2D eigenvalue weighted by Gasteiger charge is -2.18. The van der Waals surface area contributed by atoms with Crippen molar-refractivity contribution < 1.29 is 4.79 Å². The van der Waals surface area contributed by atoms with Gasteiger partial charge in [-0.1, -0.05) is 36.8 Å². The molecule has 0 spiro atoms. The normalized spacial score (nSPS) is 17.4. The molecule has 1 fully saturated rings. The highest BCUT2D eigenvalue weighted by atomic mass is 127. The average molecular weight is 444 g/mol. The SMILES string of the molecule is CCC(=O)N1CCC(NC(=NC)NCCc2ccc(C)cc2)C1.I. The number of hydrogen-bond donors (Lipinski definition) is 2. The van der Waals surface area contributed by atoms with E-state index >= 15 is 0 Å². The zero-order valence-corrected chi connectivity index (χ0v) is 17.2. The quantitative estimate of drug-likeness (QED) is 0.417. The number of hydrogen-bond acceptors (Lipinski definition) is 2. The third-order valence-electron chi connectivity index (χ3n) is 4.23. The molecule has 0 saturated carbocycles. The maximum absolute atomic E-state index is 11.7. The van der Waals surface area contributed by atoms with E-state index in [2.05, 4.69) is 46.8 Å². The minimum atomic E-state index is 0. The van der Waals surface area contributed by atoms with Crippen molar-refractivity contribution in [1.82, 2.24) is 15.5 Å². The van der Waals surface area contributed by atoms with E-state index in [1.807, 2.05) is 11.8 Å². The summed E-state index contributed by atoms with van der Waals surface area (Å²) in [7, 11) is 1.78. The Morgan fingerprint density at radius 3 is 2.67 bits per heavy atom. The Kier molecular flexibility index (Phi) is 9.10. The Balaban J connectivity index is 0.00000288. The number of rotatable bonds is 5. The number of nitrogens with zero attached hydrogens (tertiary/aromatic N) is 2. The standard InChI is InChI=1S/C18H28N4O.HI/c1-4-17(23)22-12-10-16(13-22)21-18(19-3)20-11-9-15-7-5-14(2)6-8-15;/h5-8,16H,4,9-13H2,1-3H3,(H2,19,20,21);1H. The molecule has 1 aromatic carbocycles. The van der Waals surface area contributed by atoms with Gasteiger partial charge in [0.25, 0.3) is 0 Å². The van der Waals surface area contributed by atoms with Crippen molar-refractivity contribution in [3.05, 3.63) is 35.4 Å². The first kappa shape index (κ1) is 20.7. The van der Waals surface area contributed by atoms with Crippen molar-refractivity contribution >= 4 is 35.8 Å². The van der Waals surface area contributed by atoms with Crippen molar-refractivity contribution in [1.29, 1.82) is 0 Å². The van der Waals surface area contributed by atoms with E-state index in [1.54, 1.807) is 7.05 Å². The van der Waals surface area contributed by atoms with Gasteiger partial charge in [0.15, 0.2) is 5.96 Å². The number of aryl methyl sites for hydroxylation is 1. The van der Waals surface area contributed by atoms with Crippen LogP contribution in [0.5, 0.6) is 0 Å². The van der Waals surface area contributed by atoms with Crippen LogP contribution < -0.4 is 10.6 Å². The van der Waals surface area contributed by atoms with Crippen LogP contribution in [-0.2, 0) is 11.2 Å². The highest BCUT2D eigenvalue weighted by molar-refractivity contribution is 14.0. The molecule has 5 nitrogen and oxygen atoms in total. The van der Waals surface area contributed by atoms with Gasteiger partial charge < -0.3 is 15.5 Å². The molecule has 6 heteroatoms. The molecule has 1 amide bonds. The molecule has 1 unspecified atom stereocenters. The van der Waals surface area contributed by atoms with E-state index in [9.17, 15) is 4.79 Å². The number of aliphatic imine (C=N–C) groups is 1. The number of carbonyl (C=O) groups is 1. The van der Waals surface area contributed by atoms with E-state index in [-0.39, 0.29) is 35.9 Å². The van der Waals surface area contributed by atoms with Crippen molar-refractivity contribution in [2.45, 2.75) is 39.2 Å². The lowest BCUT2D eigenvalue weighted by molar-refractivity contribution is -0.129. The largest absolute Gasteiger partial charge is 0.356 e. The van der Waals surface area contributed by atoms with Gasteiger partial charge in [0.2, 0.25) is 5.91 Å². The van der Waals surface area contributed by atoms with Crippen molar-refractivity contribution in [2.75, 3.05) is 26.7 Å².